The summed E-state index contributed by atoms with van der Waals surface area (Å²) in [6.07, 6.45) is -1.02. The highest BCUT2D eigenvalue weighted by atomic mass is 35.5. The van der Waals surface area contributed by atoms with Crippen LogP contribution in [0.3, 0.4) is 0 Å². The molecule has 1 unspecified atom stereocenters. The van der Waals surface area contributed by atoms with E-state index >= 15 is 0 Å². The van der Waals surface area contributed by atoms with Crippen molar-refractivity contribution in [3.63, 3.8) is 0 Å². The quantitative estimate of drug-likeness (QED) is 0.379. The van der Waals surface area contributed by atoms with Gasteiger partial charge in [-0.1, -0.05) is 11.6 Å². The van der Waals surface area contributed by atoms with Crippen LogP contribution in [-0.4, -0.2) is 22.9 Å². The van der Waals surface area contributed by atoms with Crippen molar-refractivity contribution in [2.45, 2.75) is 13.0 Å². The molecular weight excluding hydrogens is 392 g/mol. The number of halogens is 1. The predicted molar refractivity (Wildman–Crippen MR) is 103 cm³/mol. The molecule has 1 atom stereocenters. The number of anilines is 1. The number of carbonyl (C=O) groups excluding carboxylic acids is 2. The van der Waals surface area contributed by atoms with E-state index in [0.717, 1.165) is 11.3 Å². The summed E-state index contributed by atoms with van der Waals surface area (Å²) in [4.78, 5) is 35.1. The number of nitro benzene ring substituents is 1. The van der Waals surface area contributed by atoms with Crippen LogP contribution in [0.1, 0.15) is 16.6 Å². The van der Waals surface area contributed by atoms with Crippen LogP contribution in [0.25, 0.3) is 10.1 Å². The summed E-state index contributed by atoms with van der Waals surface area (Å²) < 4.78 is 5.91. The number of amides is 1. The van der Waals surface area contributed by atoms with Crippen LogP contribution in [0.2, 0.25) is 5.02 Å². The smallest absolute Gasteiger partial charge is 0.349 e. The van der Waals surface area contributed by atoms with E-state index in [4.69, 9.17) is 16.3 Å². The van der Waals surface area contributed by atoms with Crippen LogP contribution >= 0.6 is 22.9 Å². The van der Waals surface area contributed by atoms with Gasteiger partial charge in [-0.05, 0) is 43.3 Å². The van der Waals surface area contributed by atoms with Gasteiger partial charge in [-0.25, -0.2) is 4.79 Å². The molecule has 0 saturated heterocycles. The van der Waals surface area contributed by atoms with Gasteiger partial charge < -0.3 is 10.1 Å². The Kier molecular flexibility index (Phi) is 5.38. The third-order valence-electron chi connectivity index (χ3n) is 3.68. The zero-order chi connectivity index (χ0) is 19.6. The molecule has 0 radical (unpaired) electrons. The van der Waals surface area contributed by atoms with Gasteiger partial charge in [0.2, 0.25) is 0 Å². The van der Waals surface area contributed by atoms with Crippen molar-refractivity contribution in [1.82, 2.24) is 0 Å². The molecule has 1 amide bonds. The van der Waals surface area contributed by atoms with Gasteiger partial charge in [-0.2, -0.15) is 0 Å². The van der Waals surface area contributed by atoms with Crippen LogP contribution in [0, 0.1) is 10.1 Å². The molecule has 0 aliphatic rings. The van der Waals surface area contributed by atoms with E-state index in [1.165, 1.54) is 25.1 Å². The molecule has 138 valence electrons. The average Bonchev–Trinajstić information content (AvgIpc) is 3.06. The van der Waals surface area contributed by atoms with E-state index in [1.54, 1.807) is 30.3 Å². The van der Waals surface area contributed by atoms with Gasteiger partial charge in [0.1, 0.15) is 4.88 Å². The minimum atomic E-state index is -1.02. The van der Waals surface area contributed by atoms with Gasteiger partial charge >= 0.3 is 5.97 Å². The van der Waals surface area contributed by atoms with Crippen molar-refractivity contribution in [2.24, 2.45) is 0 Å². The Bertz CT molecular complexity index is 1030. The predicted octanol–water partition coefficient (Wildman–Crippen LogP) is 4.65. The van der Waals surface area contributed by atoms with Gasteiger partial charge in [0.05, 0.1) is 4.92 Å². The van der Waals surface area contributed by atoms with Crippen LogP contribution in [0.5, 0.6) is 0 Å². The zero-order valence-corrected chi connectivity index (χ0v) is 15.5. The van der Waals surface area contributed by atoms with Crippen molar-refractivity contribution < 1.29 is 19.2 Å². The Balaban J connectivity index is 1.68. The first-order chi connectivity index (χ1) is 12.8. The van der Waals surface area contributed by atoms with Gasteiger partial charge in [0.25, 0.3) is 11.6 Å². The second kappa shape index (κ2) is 7.73. The zero-order valence-electron chi connectivity index (χ0n) is 14.0. The van der Waals surface area contributed by atoms with Crippen LogP contribution in [0.4, 0.5) is 11.4 Å². The fourth-order valence-electron chi connectivity index (χ4n) is 2.29. The van der Waals surface area contributed by atoms with Crippen LogP contribution in [0.15, 0.2) is 48.5 Å². The number of benzene rings is 2. The summed E-state index contributed by atoms with van der Waals surface area (Å²) in [6.45, 7) is 1.46. The highest BCUT2D eigenvalue weighted by Gasteiger charge is 2.21. The number of esters is 1. The van der Waals surface area contributed by atoms with E-state index in [0.29, 0.717) is 20.8 Å². The first-order valence-electron chi connectivity index (χ1n) is 7.79. The lowest BCUT2D eigenvalue weighted by atomic mass is 10.2. The Morgan fingerprint density at radius 2 is 1.89 bits per heavy atom. The summed E-state index contributed by atoms with van der Waals surface area (Å²) >= 11 is 6.93. The first kappa shape index (κ1) is 18.8. The van der Waals surface area contributed by atoms with E-state index in [-0.39, 0.29) is 10.6 Å². The van der Waals surface area contributed by atoms with E-state index in [9.17, 15) is 19.7 Å². The number of fused-ring (bicyclic) bond motifs is 1. The lowest BCUT2D eigenvalue weighted by Crippen LogP contribution is -2.29. The summed E-state index contributed by atoms with van der Waals surface area (Å²) in [5.74, 6) is -1.15. The van der Waals surface area contributed by atoms with Crippen molar-refractivity contribution in [3.8, 4) is 0 Å². The number of hydrogen-bond acceptors (Lipinski definition) is 6. The van der Waals surface area contributed by atoms with E-state index in [1.807, 2.05) is 0 Å². The molecule has 3 aromatic rings. The van der Waals surface area contributed by atoms with E-state index < -0.39 is 22.9 Å². The number of ether oxygens (including phenoxy) is 1. The number of thiophene rings is 1. The minimum absolute atomic E-state index is 0.0593. The summed E-state index contributed by atoms with van der Waals surface area (Å²) in [5.41, 5.74) is 0.470. The number of nitrogens with one attached hydrogen (secondary N) is 1. The van der Waals surface area contributed by atoms with Crippen LogP contribution < -0.4 is 5.32 Å². The fraction of sp³-hybridized carbons (Fsp3) is 0.111. The molecule has 0 aliphatic carbocycles. The monoisotopic (exact) mass is 404 g/mol. The van der Waals surface area contributed by atoms with Gasteiger partial charge in [0.15, 0.2) is 6.10 Å². The third-order valence-corrected chi connectivity index (χ3v) is 5.02. The van der Waals surface area contributed by atoms with Gasteiger partial charge in [-0.15, -0.1) is 11.3 Å². The number of rotatable bonds is 5. The van der Waals surface area contributed by atoms with Gasteiger partial charge in [-0.3, -0.25) is 14.9 Å². The maximum Gasteiger partial charge on any atom is 0.349 e. The Labute approximate surface area is 162 Å². The number of hydrogen-bond donors (Lipinski definition) is 1. The maximum absolute atomic E-state index is 12.3. The topological polar surface area (TPSA) is 98.5 Å². The molecule has 1 N–H and O–H groups in total. The molecule has 9 heteroatoms. The molecule has 3 rings (SSSR count). The highest BCUT2D eigenvalue weighted by molar-refractivity contribution is 7.20. The van der Waals surface area contributed by atoms with Crippen LogP contribution in [-0.2, 0) is 9.53 Å². The molecule has 1 heterocycles. The Morgan fingerprint density at radius 3 is 2.56 bits per heavy atom. The molecule has 7 nitrogen and oxygen atoms in total. The Morgan fingerprint density at radius 1 is 1.19 bits per heavy atom. The molecule has 0 bridgehead atoms. The maximum atomic E-state index is 12.3. The third kappa shape index (κ3) is 4.42. The van der Waals surface area contributed by atoms with Crippen molar-refractivity contribution in [1.29, 1.82) is 0 Å². The standard InChI is InChI=1S/C18H13ClN2O5S/c1-10(17(22)20-13-4-2-12(19)3-5-13)26-18(23)16-9-11-8-14(21(24)25)6-7-15(11)27-16/h2-10H,1H3,(H,20,22). The largest absolute Gasteiger partial charge is 0.448 e. The van der Waals surface area contributed by atoms with Crippen molar-refractivity contribution >= 4 is 56.3 Å². The second-order valence-corrected chi connectivity index (χ2v) is 7.15. The summed E-state index contributed by atoms with van der Waals surface area (Å²) in [6, 6.07) is 12.4. The first-order valence-corrected chi connectivity index (χ1v) is 8.98. The number of nitrogens with zero attached hydrogens (tertiary/aromatic N) is 1. The number of nitro groups is 1. The number of non-ortho nitro benzene ring substituents is 1. The Hall–Kier alpha value is -2.97. The van der Waals surface area contributed by atoms with Crippen molar-refractivity contribution in [2.75, 3.05) is 5.32 Å². The highest BCUT2D eigenvalue weighted by Crippen LogP contribution is 2.29. The SMILES string of the molecule is CC(OC(=O)c1cc2cc([N+](=O)[O-])ccc2s1)C(=O)Nc1ccc(Cl)cc1. The molecule has 0 saturated carbocycles. The molecule has 27 heavy (non-hydrogen) atoms. The molecular formula is C18H13ClN2O5S. The van der Waals surface area contributed by atoms with Gasteiger partial charge in [0, 0.05) is 32.9 Å². The number of carbonyl (C=O) groups is 2. The lowest BCUT2D eigenvalue weighted by molar-refractivity contribution is -0.384. The normalized spacial score (nSPS) is 11.8. The summed E-state index contributed by atoms with van der Waals surface area (Å²) in [5, 5.41) is 14.6. The van der Waals surface area contributed by atoms with E-state index in [2.05, 4.69) is 5.32 Å². The molecule has 0 fully saturated rings. The molecule has 2 aromatic carbocycles. The second-order valence-electron chi connectivity index (χ2n) is 5.63. The fourth-order valence-corrected chi connectivity index (χ4v) is 3.35. The summed E-state index contributed by atoms with van der Waals surface area (Å²) in [7, 11) is 0. The molecule has 0 aliphatic heterocycles. The average molecular weight is 405 g/mol. The lowest BCUT2D eigenvalue weighted by Gasteiger charge is -2.13. The minimum Gasteiger partial charge on any atom is -0.448 e. The molecule has 1 aromatic heterocycles. The molecule has 0 spiro atoms. The van der Waals surface area contributed by atoms with Crippen molar-refractivity contribution in [3.05, 3.63) is 68.5 Å².